The fourth-order valence-corrected chi connectivity index (χ4v) is 1.13. The van der Waals surface area contributed by atoms with E-state index in [1.165, 1.54) is 12.1 Å². The van der Waals surface area contributed by atoms with Gasteiger partial charge in [-0.2, -0.15) is 0 Å². The van der Waals surface area contributed by atoms with E-state index in [9.17, 15) is 4.39 Å². The Hall–Kier alpha value is -1.13. The van der Waals surface area contributed by atoms with Gasteiger partial charge in [0.15, 0.2) is 0 Å². The average molecular weight is 213 g/mol. The molecule has 0 saturated heterocycles. The van der Waals surface area contributed by atoms with E-state index in [-0.39, 0.29) is 12.4 Å². The lowest BCUT2D eigenvalue weighted by molar-refractivity contribution is 0.192. The first-order valence-electron chi connectivity index (χ1n) is 4.90. The Labute approximate surface area is 89.1 Å². The van der Waals surface area contributed by atoms with E-state index < -0.39 is 0 Å². The van der Waals surface area contributed by atoms with E-state index in [4.69, 9.17) is 9.84 Å². The molecule has 0 unspecified atom stereocenters. The number of hydrogen-bond acceptors (Lipinski definition) is 3. The van der Waals surface area contributed by atoms with Crippen molar-refractivity contribution in [2.24, 2.45) is 0 Å². The van der Waals surface area contributed by atoms with E-state index in [0.717, 1.165) is 6.54 Å². The second-order valence-electron chi connectivity index (χ2n) is 3.33. The van der Waals surface area contributed by atoms with E-state index in [2.05, 4.69) is 0 Å². The predicted molar refractivity (Wildman–Crippen MR) is 56.5 cm³/mol. The zero-order chi connectivity index (χ0) is 11.1. The van der Waals surface area contributed by atoms with Gasteiger partial charge in [0.1, 0.15) is 18.2 Å². The molecule has 0 aliphatic carbocycles. The van der Waals surface area contributed by atoms with Gasteiger partial charge in [0.05, 0.1) is 6.61 Å². The maximum atomic E-state index is 12.5. The number of hydrogen-bond donors (Lipinski definition) is 1. The lowest BCUT2D eigenvalue weighted by Gasteiger charge is -2.15. The summed E-state index contributed by atoms with van der Waals surface area (Å²) in [6, 6.07) is 5.93. The van der Waals surface area contributed by atoms with Crippen LogP contribution in [0.5, 0.6) is 5.75 Å². The fourth-order valence-electron chi connectivity index (χ4n) is 1.13. The molecular weight excluding hydrogens is 197 g/mol. The molecule has 0 bridgehead atoms. The number of aliphatic hydroxyl groups excluding tert-OH is 1. The monoisotopic (exact) mass is 213 g/mol. The first-order valence-corrected chi connectivity index (χ1v) is 4.90. The summed E-state index contributed by atoms with van der Waals surface area (Å²) in [7, 11) is 1.91. The minimum Gasteiger partial charge on any atom is -0.492 e. The van der Waals surface area contributed by atoms with Gasteiger partial charge in [0.2, 0.25) is 0 Å². The molecular formula is C11H16FNO2. The van der Waals surface area contributed by atoms with Gasteiger partial charge >= 0.3 is 0 Å². The van der Waals surface area contributed by atoms with Crippen molar-refractivity contribution in [1.82, 2.24) is 4.90 Å². The molecule has 1 aromatic rings. The van der Waals surface area contributed by atoms with Crippen LogP contribution in [0.4, 0.5) is 4.39 Å². The van der Waals surface area contributed by atoms with Crippen LogP contribution in [0.2, 0.25) is 0 Å². The van der Waals surface area contributed by atoms with Crippen molar-refractivity contribution in [3.8, 4) is 5.75 Å². The van der Waals surface area contributed by atoms with E-state index in [1.807, 2.05) is 11.9 Å². The van der Waals surface area contributed by atoms with E-state index in [0.29, 0.717) is 18.9 Å². The second-order valence-corrected chi connectivity index (χ2v) is 3.33. The van der Waals surface area contributed by atoms with Gasteiger partial charge in [0, 0.05) is 13.1 Å². The second kappa shape index (κ2) is 6.37. The van der Waals surface area contributed by atoms with Crippen molar-refractivity contribution in [2.75, 3.05) is 33.4 Å². The number of likely N-dealkylation sites (N-methyl/N-ethyl adjacent to an activating group) is 1. The van der Waals surface area contributed by atoms with Crippen molar-refractivity contribution >= 4 is 0 Å². The Kier molecular flexibility index (Phi) is 5.07. The maximum absolute atomic E-state index is 12.5. The fraction of sp³-hybridized carbons (Fsp3) is 0.455. The number of aliphatic hydroxyl groups is 1. The smallest absolute Gasteiger partial charge is 0.123 e. The molecule has 0 radical (unpaired) electrons. The summed E-state index contributed by atoms with van der Waals surface area (Å²) in [5.74, 6) is 0.397. The van der Waals surface area contributed by atoms with Gasteiger partial charge < -0.3 is 14.7 Å². The van der Waals surface area contributed by atoms with Crippen molar-refractivity contribution in [3.63, 3.8) is 0 Å². The molecule has 4 heteroatoms. The van der Waals surface area contributed by atoms with E-state index >= 15 is 0 Å². The summed E-state index contributed by atoms with van der Waals surface area (Å²) >= 11 is 0. The van der Waals surface area contributed by atoms with Crippen LogP contribution in [-0.4, -0.2) is 43.4 Å². The van der Waals surface area contributed by atoms with Crippen molar-refractivity contribution < 1.29 is 14.2 Å². The third-order valence-corrected chi connectivity index (χ3v) is 2.04. The number of rotatable bonds is 6. The Morgan fingerprint density at radius 1 is 1.27 bits per heavy atom. The molecule has 0 spiro atoms. The van der Waals surface area contributed by atoms with Crippen LogP contribution in [0, 0.1) is 5.82 Å². The summed E-state index contributed by atoms with van der Waals surface area (Å²) in [5.41, 5.74) is 0. The van der Waals surface area contributed by atoms with Crippen LogP contribution < -0.4 is 4.74 Å². The number of halogens is 1. The Morgan fingerprint density at radius 3 is 2.53 bits per heavy atom. The number of ether oxygens (including phenoxy) is 1. The molecule has 0 atom stereocenters. The largest absolute Gasteiger partial charge is 0.492 e. The minimum absolute atomic E-state index is 0.146. The molecule has 3 nitrogen and oxygen atoms in total. The summed E-state index contributed by atoms with van der Waals surface area (Å²) in [5, 5.41) is 8.66. The lowest BCUT2D eigenvalue weighted by atomic mass is 10.3. The molecule has 0 aliphatic heterocycles. The molecule has 0 aliphatic rings. The Morgan fingerprint density at radius 2 is 1.93 bits per heavy atom. The molecule has 1 rings (SSSR count). The third kappa shape index (κ3) is 4.76. The van der Waals surface area contributed by atoms with Crippen molar-refractivity contribution in [1.29, 1.82) is 0 Å². The highest BCUT2D eigenvalue weighted by Gasteiger charge is 1.98. The zero-order valence-electron chi connectivity index (χ0n) is 8.82. The molecule has 1 aromatic carbocycles. The minimum atomic E-state index is -0.264. The third-order valence-electron chi connectivity index (χ3n) is 2.04. The molecule has 1 N–H and O–H groups in total. The van der Waals surface area contributed by atoms with Crippen LogP contribution >= 0.6 is 0 Å². The molecule has 0 fully saturated rings. The lowest BCUT2D eigenvalue weighted by Crippen LogP contribution is -2.27. The number of nitrogens with zero attached hydrogens (tertiary/aromatic N) is 1. The Balaban J connectivity index is 2.22. The van der Waals surface area contributed by atoms with Crippen LogP contribution in [0.15, 0.2) is 24.3 Å². The highest BCUT2D eigenvalue weighted by molar-refractivity contribution is 5.21. The van der Waals surface area contributed by atoms with Crippen LogP contribution in [0.1, 0.15) is 0 Å². The predicted octanol–water partition coefficient (Wildman–Crippen LogP) is 1.13. The van der Waals surface area contributed by atoms with Gasteiger partial charge in [-0.25, -0.2) is 4.39 Å². The normalized spacial score (nSPS) is 10.7. The molecule has 84 valence electrons. The van der Waals surface area contributed by atoms with Crippen LogP contribution in [-0.2, 0) is 0 Å². The number of benzene rings is 1. The molecule has 0 amide bonds. The first-order chi connectivity index (χ1) is 7.22. The first kappa shape index (κ1) is 11.9. The Bertz CT molecular complexity index is 276. The molecule has 0 saturated carbocycles. The van der Waals surface area contributed by atoms with Gasteiger partial charge in [-0.3, -0.25) is 0 Å². The quantitative estimate of drug-likeness (QED) is 0.769. The summed E-state index contributed by atoms with van der Waals surface area (Å²) in [6.07, 6.45) is 0. The zero-order valence-corrected chi connectivity index (χ0v) is 8.82. The van der Waals surface area contributed by atoms with Crippen molar-refractivity contribution in [3.05, 3.63) is 30.1 Å². The molecule has 0 heterocycles. The van der Waals surface area contributed by atoms with Crippen LogP contribution in [0.25, 0.3) is 0 Å². The van der Waals surface area contributed by atoms with Gasteiger partial charge in [-0.15, -0.1) is 0 Å². The SMILES string of the molecule is CN(CCO)CCOc1ccc(F)cc1. The highest BCUT2D eigenvalue weighted by atomic mass is 19.1. The van der Waals surface area contributed by atoms with E-state index in [1.54, 1.807) is 12.1 Å². The average Bonchev–Trinajstić information content (AvgIpc) is 2.21. The summed E-state index contributed by atoms with van der Waals surface area (Å²) in [4.78, 5) is 1.96. The summed E-state index contributed by atoms with van der Waals surface area (Å²) in [6.45, 7) is 2.04. The standard InChI is InChI=1S/C11H16FNO2/c1-13(6-8-14)7-9-15-11-4-2-10(12)3-5-11/h2-5,14H,6-9H2,1H3. The van der Waals surface area contributed by atoms with Gasteiger partial charge in [-0.1, -0.05) is 0 Å². The van der Waals surface area contributed by atoms with Gasteiger partial charge in [0.25, 0.3) is 0 Å². The highest BCUT2D eigenvalue weighted by Crippen LogP contribution is 2.10. The van der Waals surface area contributed by atoms with Crippen LogP contribution in [0.3, 0.4) is 0 Å². The van der Waals surface area contributed by atoms with Gasteiger partial charge in [-0.05, 0) is 31.3 Å². The summed E-state index contributed by atoms with van der Waals surface area (Å²) < 4.78 is 17.9. The molecule has 15 heavy (non-hydrogen) atoms. The van der Waals surface area contributed by atoms with Crippen molar-refractivity contribution in [2.45, 2.75) is 0 Å². The molecule has 0 aromatic heterocycles. The maximum Gasteiger partial charge on any atom is 0.123 e. The topological polar surface area (TPSA) is 32.7 Å².